The van der Waals surface area contributed by atoms with Crippen molar-refractivity contribution in [2.24, 2.45) is 5.73 Å². The Morgan fingerprint density at radius 2 is 2.40 bits per heavy atom. The van der Waals surface area contributed by atoms with Gasteiger partial charge in [0.1, 0.15) is 5.69 Å². The second-order valence-electron chi connectivity index (χ2n) is 5.07. The zero-order chi connectivity index (χ0) is 13.2. The minimum Gasteiger partial charge on any atom is -0.374 e. The van der Waals surface area contributed by atoms with Gasteiger partial charge >= 0.3 is 0 Å². The molecule has 2 fully saturated rings. The molecule has 1 saturated heterocycles. The van der Waals surface area contributed by atoms with Crippen LogP contribution in [0.5, 0.6) is 0 Å². The lowest BCUT2D eigenvalue weighted by Gasteiger charge is -2.37. The van der Waals surface area contributed by atoms with Gasteiger partial charge < -0.3 is 15.4 Å². The first-order valence-corrected chi connectivity index (χ1v) is 7.74. The zero-order valence-corrected chi connectivity index (χ0v) is 12.9. The van der Waals surface area contributed by atoms with Crippen LogP contribution in [0.4, 0.5) is 0 Å². The van der Waals surface area contributed by atoms with Gasteiger partial charge in [-0.1, -0.05) is 0 Å². The molecule has 1 saturated carbocycles. The number of nitrogens with zero attached hydrogens (tertiary/aromatic N) is 2. The highest BCUT2D eigenvalue weighted by molar-refractivity contribution is 7.09. The summed E-state index contributed by atoms with van der Waals surface area (Å²) in [6.45, 7) is 1.90. The van der Waals surface area contributed by atoms with Crippen molar-refractivity contribution in [2.45, 2.75) is 37.8 Å². The molecule has 2 aliphatic rings. The van der Waals surface area contributed by atoms with E-state index in [1.54, 1.807) is 0 Å². The number of morpholine rings is 1. The summed E-state index contributed by atoms with van der Waals surface area (Å²) in [4.78, 5) is 18.9. The topological polar surface area (TPSA) is 68.5 Å². The molecule has 2 heterocycles. The lowest BCUT2D eigenvalue weighted by molar-refractivity contribution is -0.0447. The first kappa shape index (κ1) is 15.7. The fraction of sp³-hybridized carbons (Fsp3) is 0.692. The molecule has 1 aliphatic heterocycles. The summed E-state index contributed by atoms with van der Waals surface area (Å²) >= 11 is 1.52. The smallest absolute Gasteiger partial charge is 0.273 e. The van der Waals surface area contributed by atoms with Gasteiger partial charge in [-0.3, -0.25) is 4.79 Å². The number of thiazole rings is 1. The van der Waals surface area contributed by atoms with Crippen LogP contribution in [0.25, 0.3) is 0 Å². The van der Waals surface area contributed by atoms with Crippen LogP contribution in [0.3, 0.4) is 0 Å². The Morgan fingerprint density at radius 3 is 3.20 bits per heavy atom. The molecule has 2 N–H and O–H groups in total. The predicted octanol–water partition coefficient (Wildman–Crippen LogP) is 1.46. The lowest BCUT2D eigenvalue weighted by Crippen LogP contribution is -2.51. The largest absolute Gasteiger partial charge is 0.374 e. The quantitative estimate of drug-likeness (QED) is 0.916. The third-order valence-electron chi connectivity index (χ3n) is 3.87. The van der Waals surface area contributed by atoms with Gasteiger partial charge in [0.25, 0.3) is 5.91 Å². The number of hydrogen-bond donors (Lipinski definition) is 1. The number of nitrogens with two attached hydrogens (primary N) is 1. The van der Waals surface area contributed by atoms with Crippen molar-refractivity contribution >= 4 is 29.7 Å². The van der Waals surface area contributed by atoms with Crippen molar-refractivity contribution in [1.29, 1.82) is 0 Å². The van der Waals surface area contributed by atoms with E-state index in [1.165, 1.54) is 11.3 Å². The van der Waals surface area contributed by atoms with E-state index in [-0.39, 0.29) is 30.5 Å². The van der Waals surface area contributed by atoms with Gasteiger partial charge in [-0.25, -0.2) is 4.98 Å². The molecule has 7 heteroatoms. The van der Waals surface area contributed by atoms with Crippen LogP contribution in [-0.4, -0.2) is 47.6 Å². The van der Waals surface area contributed by atoms with E-state index in [4.69, 9.17) is 10.5 Å². The van der Waals surface area contributed by atoms with E-state index >= 15 is 0 Å². The van der Waals surface area contributed by atoms with Crippen LogP contribution in [0.15, 0.2) is 5.38 Å². The molecule has 0 bridgehead atoms. The molecule has 3 rings (SSSR count). The van der Waals surface area contributed by atoms with E-state index in [1.807, 2.05) is 10.3 Å². The Hall–Kier alpha value is -0.690. The SMILES string of the molecule is Cl.NCCc1nc(C(=O)N2CCOC3CCCC32)cs1. The fourth-order valence-corrected chi connectivity index (χ4v) is 3.76. The molecule has 1 aromatic heterocycles. The minimum absolute atomic E-state index is 0. The van der Waals surface area contributed by atoms with E-state index in [0.29, 0.717) is 25.4 Å². The highest BCUT2D eigenvalue weighted by atomic mass is 35.5. The Morgan fingerprint density at radius 1 is 1.55 bits per heavy atom. The monoisotopic (exact) mass is 317 g/mol. The summed E-state index contributed by atoms with van der Waals surface area (Å²) in [7, 11) is 0. The van der Waals surface area contributed by atoms with Gasteiger partial charge in [-0.2, -0.15) is 0 Å². The predicted molar refractivity (Wildman–Crippen MR) is 80.5 cm³/mol. The van der Waals surface area contributed by atoms with Crippen molar-refractivity contribution in [3.05, 3.63) is 16.1 Å². The summed E-state index contributed by atoms with van der Waals surface area (Å²) in [6.07, 6.45) is 4.25. The second kappa shape index (κ2) is 6.85. The third kappa shape index (κ3) is 2.98. The Bertz CT molecular complexity index is 468. The molecule has 0 aromatic carbocycles. The number of ether oxygens (including phenoxy) is 1. The summed E-state index contributed by atoms with van der Waals surface area (Å²) in [5.74, 6) is 0.0553. The van der Waals surface area contributed by atoms with Crippen LogP contribution in [0.1, 0.15) is 34.8 Å². The van der Waals surface area contributed by atoms with E-state index in [0.717, 1.165) is 30.7 Å². The normalized spacial score (nSPS) is 25.1. The van der Waals surface area contributed by atoms with Gasteiger partial charge in [-0.05, 0) is 25.8 Å². The number of carbonyl (C=O) groups is 1. The molecule has 5 nitrogen and oxygen atoms in total. The Kier molecular flexibility index (Phi) is 5.37. The molecular formula is C13H20ClN3O2S. The highest BCUT2D eigenvalue weighted by Crippen LogP contribution is 2.30. The summed E-state index contributed by atoms with van der Waals surface area (Å²) in [5, 5.41) is 2.80. The summed E-state index contributed by atoms with van der Waals surface area (Å²) in [5.41, 5.74) is 6.08. The number of aromatic nitrogens is 1. The van der Waals surface area contributed by atoms with Gasteiger partial charge in [0.05, 0.1) is 23.8 Å². The van der Waals surface area contributed by atoms with Gasteiger partial charge in [0.2, 0.25) is 0 Å². The van der Waals surface area contributed by atoms with Crippen molar-refractivity contribution in [3.63, 3.8) is 0 Å². The maximum Gasteiger partial charge on any atom is 0.273 e. The molecule has 1 aromatic rings. The second-order valence-corrected chi connectivity index (χ2v) is 6.01. The summed E-state index contributed by atoms with van der Waals surface area (Å²) < 4.78 is 5.73. The third-order valence-corrected chi connectivity index (χ3v) is 4.78. The van der Waals surface area contributed by atoms with E-state index in [9.17, 15) is 4.79 Å². The lowest BCUT2D eigenvalue weighted by atomic mass is 10.1. The first-order valence-electron chi connectivity index (χ1n) is 6.86. The molecular weight excluding hydrogens is 298 g/mol. The Balaban J connectivity index is 0.00000147. The minimum atomic E-state index is 0. The van der Waals surface area contributed by atoms with E-state index in [2.05, 4.69) is 4.98 Å². The molecule has 0 spiro atoms. The number of carbonyl (C=O) groups excluding carboxylic acids is 1. The first-order chi connectivity index (χ1) is 9.29. The van der Waals surface area contributed by atoms with Crippen molar-refractivity contribution in [2.75, 3.05) is 19.7 Å². The van der Waals surface area contributed by atoms with Crippen LogP contribution in [-0.2, 0) is 11.2 Å². The fourth-order valence-electron chi connectivity index (χ4n) is 2.97. The standard InChI is InChI=1S/C13H19N3O2S.ClH/c14-5-4-12-15-9(8-19-12)13(17)16-6-7-18-11-3-1-2-10(11)16;/h8,10-11H,1-7,14H2;1H. The van der Waals surface area contributed by atoms with Crippen LogP contribution < -0.4 is 5.73 Å². The van der Waals surface area contributed by atoms with Crippen LogP contribution >= 0.6 is 23.7 Å². The summed E-state index contributed by atoms with van der Waals surface area (Å²) in [6, 6.07) is 0.251. The zero-order valence-electron chi connectivity index (χ0n) is 11.3. The van der Waals surface area contributed by atoms with Crippen molar-refractivity contribution in [3.8, 4) is 0 Å². The van der Waals surface area contributed by atoms with E-state index < -0.39 is 0 Å². The average molecular weight is 318 g/mol. The average Bonchev–Trinajstić information content (AvgIpc) is 3.06. The molecule has 1 amide bonds. The molecule has 20 heavy (non-hydrogen) atoms. The molecule has 2 atom stereocenters. The number of hydrogen-bond acceptors (Lipinski definition) is 5. The number of amides is 1. The maximum atomic E-state index is 12.5. The van der Waals surface area contributed by atoms with Crippen molar-refractivity contribution in [1.82, 2.24) is 9.88 Å². The molecule has 112 valence electrons. The molecule has 1 aliphatic carbocycles. The van der Waals surface area contributed by atoms with Crippen LogP contribution in [0.2, 0.25) is 0 Å². The molecule has 2 unspecified atom stereocenters. The van der Waals surface area contributed by atoms with Crippen molar-refractivity contribution < 1.29 is 9.53 Å². The highest BCUT2D eigenvalue weighted by Gasteiger charge is 2.39. The van der Waals surface area contributed by atoms with Gasteiger partial charge in [0, 0.05) is 18.3 Å². The van der Waals surface area contributed by atoms with Gasteiger partial charge in [-0.15, -0.1) is 23.7 Å². The number of halogens is 1. The molecule has 0 radical (unpaired) electrons. The Labute approximate surface area is 128 Å². The number of rotatable bonds is 3. The maximum absolute atomic E-state index is 12.5. The van der Waals surface area contributed by atoms with Crippen LogP contribution in [0, 0.1) is 0 Å². The number of fused-ring (bicyclic) bond motifs is 1. The van der Waals surface area contributed by atoms with Gasteiger partial charge in [0.15, 0.2) is 0 Å².